The fourth-order valence-corrected chi connectivity index (χ4v) is 2.58. The second-order valence-electron chi connectivity index (χ2n) is 5.94. The van der Waals surface area contributed by atoms with Crippen LogP contribution in [0.15, 0.2) is 59.0 Å². The number of carbonyl (C=O) groups is 1. The summed E-state index contributed by atoms with van der Waals surface area (Å²) >= 11 is 0. The lowest BCUT2D eigenvalue weighted by molar-refractivity contribution is -0.139. The molecule has 0 saturated carbocycles. The minimum Gasteiger partial charge on any atom is -0.497 e. The molecule has 0 bridgehead atoms. The number of aryl methyl sites for hydroxylation is 1. The molecule has 0 spiro atoms. The number of aromatic nitrogens is 1. The third kappa shape index (κ3) is 4.59. The largest absolute Gasteiger partial charge is 0.497 e. The van der Waals surface area contributed by atoms with Crippen molar-refractivity contribution in [1.29, 1.82) is 0 Å². The highest BCUT2D eigenvalue weighted by molar-refractivity contribution is 5.87. The molecule has 0 fully saturated rings. The van der Waals surface area contributed by atoms with Crippen LogP contribution in [0.5, 0.6) is 11.5 Å². The van der Waals surface area contributed by atoms with Gasteiger partial charge < -0.3 is 18.6 Å². The molecule has 0 radical (unpaired) electrons. The van der Waals surface area contributed by atoms with Gasteiger partial charge in [0.25, 0.3) is 0 Å². The summed E-state index contributed by atoms with van der Waals surface area (Å²) < 4.78 is 21.4. The van der Waals surface area contributed by atoms with E-state index in [0.29, 0.717) is 34.4 Å². The predicted molar refractivity (Wildman–Crippen MR) is 105 cm³/mol. The smallest absolute Gasteiger partial charge is 0.331 e. The third-order valence-electron chi connectivity index (χ3n) is 4.10. The fourth-order valence-electron chi connectivity index (χ4n) is 2.58. The molecule has 0 aliphatic carbocycles. The van der Waals surface area contributed by atoms with Crippen molar-refractivity contribution in [3.05, 3.63) is 71.6 Å². The molecular formula is C22H21NO5. The molecule has 3 aromatic rings. The molecule has 6 nitrogen and oxygen atoms in total. The quantitative estimate of drug-likeness (QED) is 0.447. The van der Waals surface area contributed by atoms with Crippen molar-refractivity contribution in [1.82, 2.24) is 4.98 Å². The van der Waals surface area contributed by atoms with Crippen molar-refractivity contribution < 1.29 is 23.4 Å². The number of esters is 1. The Labute approximate surface area is 163 Å². The standard InChI is InChI=1S/C22H21NO5/c1-15-19(23-22(28-15)16-7-5-4-6-8-16)14-27-21(24)12-9-17-13-18(25-2)10-11-20(17)26-3/h4-13H,14H2,1-3H3/b12-9+. The molecule has 0 saturated heterocycles. The van der Waals surface area contributed by atoms with Crippen molar-refractivity contribution in [3.8, 4) is 23.0 Å². The monoisotopic (exact) mass is 379 g/mol. The Morgan fingerprint density at radius 3 is 2.61 bits per heavy atom. The molecule has 144 valence electrons. The number of rotatable bonds is 7. The van der Waals surface area contributed by atoms with E-state index in [1.807, 2.05) is 30.3 Å². The number of carbonyl (C=O) groups excluding carboxylic acids is 1. The van der Waals surface area contributed by atoms with E-state index in [0.717, 1.165) is 5.56 Å². The first-order valence-electron chi connectivity index (χ1n) is 8.69. The van der Waals surface area contributed by atoms with Gasteiger partial charge in [-0.1, -0.05) is 18.2 Å². The van der Waals surface area contributed by atoms with E-state index in [9.17, 15) is 4.79 Å². The van der Waals surface area contributed by atoms with Crippen LogP contribution in [-0.2, 0) is 16.1 Å². The number of benzene rings is 2. The molecule has 2 aromatic carbocycles. The van der Waals surface area contributed by atoms with Crippen molar-refractivity contribution in [2.24, 2.45) is 0 Å². The molecule has 0 unspecified atom stereocenters. The lowest BCUT2D eigenvalue weighted by Crippen LogP contribution is -2.02. The van der Waals surface area contributed by atoms with Gasteiger partial charge in [0, 0.05) is 17.2 Å². The lowest BCUT2D eigenvalue weighted by atomic mass is 10.1. The maximum Gasteiger partial charge on any atom is 0.331 e. The van der Waals surface area contributed by atoms with Gasteiger partial charge >= 0.3 is 5.97 Å². The van der Waals surface area contributed by atoms with Crippen LogP contribution in [0.25, 0.3) is 17.5 Å². The lowest BCUT2D eigenvalue weighted by Gasteiger charge is -2.07. The molecule has 0 amide bonds. The molecule has 0 aliphatic heterocycles. The van der Waals surface area contributed by atoms with Gasteiger partial charge in [-0.2, -0.15) is 0 Å². The Balaban J connectivity index is 1.65. The van der Waals surface area contributed by atoms with Gasteiger partial charge in [0.2, 0.25) is 5.89 Å². The second kappa shape index (κ2) is 8.90. The Bertz CT molecular complexity index is 976. The first kappa shape index (κ1) is 19.2. The highest BCUT2D eigenvalue weighted by atomic mass is 16.5. The predicted octanol–water partition coefficient (Wildman–Crippen LogP) is 4.42. The van der Waals surface area contributed by atoms with Gasteiger partial charge in [0.15, 0.2) is 0 Å². The summed E-state index contributed by atoms with van der Waals surface area (Å²) in [5.74, 6) is 1.92. The average molecular weight is 379 g/mol. The van der Waals surface area contributed by atoms with E-state index in [-0.39, 0.29) is 6.61 Å². The first-order chi connectivity index (χ1) is 13.6. The molecule has 0 atom stereocenters. The van der Waals surface area contributed by atoms with Crippen LogP contribution in [0.2, 0.25) is 0 Å². The van der Waals surface area contributed by atoms with E-state index < -0.39 is 5.97 Å². The van der Waals surface area contributed by atoms with Gasteiger partial charge in [0.1, 0.15) is 29.6 Å². The van der Waals surface area contributed by atoms with Crippen LogP contribution < -0.4 is 9.47 Å². The summed E-state index contributed by atoms with van der Waals surface area (Å²) in [6, 6.07) is 14.9. The van der Waals surface area contributed by atoms with E-state index in [2.05, 4.69) is 4.98 Å². The van der Waals surface area contributed by atoms with Crippen LogP contribution in [0, 0.1) is 6.92 Å². The van der Waals surface area contributed by atoms with Crippen LogP contribution in [-0.4, -0.2) is 25.2 Å². The molecule has 3 rings (SSSR count). The Kier molecular flexibility index (Phi) is 6.11. The SMILES string of the molecule is COc1ccc(OC)c(/C=C/C(=O)OCc2nc(-c3ccccc3)oc2C)c1. The van der Waals surface area contributed by atoms with Gasteiger partial charge in [-0.15, -0.1) is 0 Å². The number of methoxy groups -OCH3 is 2. The van der Waals surface area contributed by atoms with Gasteiger partial charge in [-0.3, -0.25) is 0 Å². The number of hydrogen-bond acceptors (Lipinski definition) is 6. The second-order valence-corrected chi connectivity index (χ2v) is 5.94. The molecule has 6 heteroatoms. The Morgan fingerprint density at radius 2 is 1.89 bits per heavy atom. The number of hydrogen-bond donors (Lipinski definition) is 0. The highest BCUT2D eigenvalue weighted by Gasteiger charge is 2.12. The van der Waals surface area contributed by atoms with Crippen LogP contribution in [0.4, 0.5) is 0 Å². The maximum absolute atomic E-state index is 12.1. The highest BCUT2D eigenvalue weighted by Crippen LogP contribution is 2.25. The Morgan fingerprint density at radius 1 is 1.11 bits per heavy atom. The summed E-state index contributed by atoms with van der Waals surface area (Å²) in [5.41, 5.74) is 2.16. The normalized spacial score (nSPS) is 10.8. The average Bonchev–Trinajstić information content (AvgIpc) is 3.11. The summed E-state index contributed by atoms with van der Waals surface area (Å²) in [5, 5.41) is 0. The van der Waals surface area contributed by atoms with E-state index in [1.54, 1.807) is 45.4 Å². The van der Waals surface area contributed by atoms with Gasteiger partial charge in [0.05, 0.1) is 14.2 Å². The van der Waals surface area contributed by atoms with Crippen LogP contribution >= 0.6 is 0 Å². The molecule has 0 aliphatic rings. The van der Waals surface area contributed by atoms with E-state index in [1.165, 1.54) is 6.08 Å². The minimum atomic E-state index is -0.492. The summed E-state index contributed by atoms with van der Waals surface area (Å²) in [4.78, 5) is 16.5. The fraction of sp³-hybridized carbons (Fsp3) is 0.182. The summed E-state index contributed by atoms with van der Waals surface area (Å²) in [6.07, 6.45) is 2.96. The third-order valence-corrected chi connectivity index (χ3v) is 4.10. The summed E-state index contributed by atoms with van der Waals surface area (Å²) in [6.45, 7) is 1.82. The van der Waals surface area contributed by atoms with Crippen molar-refractivity contribution >= 4 is 12.0 Å². The molecular weight excluding hydrogens is 358 g/mol. The van der Waals surface area contributed by atoms with Crippen molar-refractivity contribution in [2.75, 3.05) is 14.2 Å². The summed E-state index contributed by atoms with van der Waals surface area (Å²) in [7, 11) is 3.14. The molecule has 1 heterocycles. The van der Waals surface area contributed by atoms with Gasteiger partial charge in [-0.25, -0.2) is 9.78 Å². The zero-order valence-corrected chi connectivity index (χ0v) is 16.0. The first-order valence-corrected chi connectivity index (χ1v) is 8.69. The molecule has 28 heavy (non-hydrogen) atoms. The zero-order valence-electron chi connectivity index (χ0n) is 16.0. The number of ether oxygens (including phenoxy) is 3. The zero-order chi connectivity index (χ0) is 19.9. The van der Waals surface area contributed by atoms with E-state index in [4.69, 9.17) is 18.6 Å². The Hall–Kier alpha value is -3.54. The topological polar surface area (TPSA) is 70.8 Å². The number of nitrogens with zero attached hydrogens (tertiary/aromatic N) is 1. The molecule has 0 N–H and O–H groups in total. The van der Waals surface area contributed by atoms with Crippen LogP contribution in [0.3, 0.4) is 0 Å². The minimum absolute atomic E-state index is 0.0284. The van der Waals surface area contributed by atoms with E-state index >= 15 is 0 Å². The van der Waals surface area contributed by atoms with Gasteiger partial charge in [-0.05, 0) is 43.3 Å². The molecule has 1 aromatic heterocycles. The van der Waals surface area contributed by atoms with Crippen molar-refractivity contribution in [2.45, 2.75) is 13.5 Å². The van der Waals surface area contributed by atoms with Crippen LogP contribution in [0.1, 0.15) is 17.0 Å². The van der Waals surface area contributed by atoms with Crippen molar-refractivity contribution in [3.63, 3.8) is 0 Å². The number of oxazole rings is 1. The maximum atomic E-state index is 12.1.